The van der Waals surface area contributed by atoms with E-state index in [1.807, 2.05) is 41.9 Å². The molecule has 5 heteroatoms. The van der Waals surface area contributed by atoms with Gasteiger partial charge in [0.1, 0.15) is 0 Å². The molecular formula is C12H15ClN4. The van der Waals surface area contributed by atoms with Crippen LogP contribution in [0.3, 0.4) is 0 Å². The molecule has 1 heterocycles. The average molecular weight is 251 g/mol. The molecule has 0 saturated heterocycles. The first-order chi connectivity index (χ1) is 8.26. The van der Waals surface area contributed by atoms with Crippen LogP contribution in [0.2, 0.25) is 5.02 Å². The highest BCUT2D eigenvalue weighted by molar-refractivity contribution is 6.30. The summed E-state index contributed by atoms with van der Waals surface area (Å²) in [5, 5.41) is 4.96. The maximum atomic E-state index is 5.87. The maximum Gasteiger partial charge on any atom is 0.0878 e. The molecule has 90 valence electrons. The Hall–Kier alpha value is -1.36. The number of aromatic nitrogens is 2. The van der Waals surface area contributed by atoms with Crippen molar-refractivity contribution in [3.63, 3.8) is 0 Å². The lowest BCUT2D eigenvalue weighted by molar-refractivity contribution is 0.543. The molecule has 1 unspecified atom stereocenters. The van der Waals surface area contributed by atoms with E-state index >= 15 is 0 Å². The zero-order valence-electron chi connectivity index (χ0n) is 9.60. The van der Waals surface area contributed by atoms with E-state index in [2.05, 4.69) is 10.5 Å². The summed E-state index contributed by atoms with van der Waals surface area (Å²) in [5.41, 5.74) is 4.91. The Balaban J connectivity index is 2.36. The Morgan fingerprint density at radius 2 is 2.06 bits per heavy atom. The zero-order chi connectivity index (χ0) is 12.3. The molecule has 1 atom stereocenters. The SMILES string of the molecule is CCn1nccc1C(NN)c1ccc(Cl)cc1. The van der Waals surface area contributed by atoms with E-state index in [0.717, 1.165) is 17.8 Å². The predicted octanol–water partition coefficient (Wildman–Crippen LogP) is 2.11. The number of hydrogen-bond donors (Lipinski definition) is 2. The van der Waals surface area contributed by atoms with E-state index in [-0.39, 0.29) is 6.04 Å². The van der Waals surface area contributed by atoms with Crippen LogP contribution in [0.4, 0.5) is 0 Å². The normalized spacial score (nSPS) is 12.6. The Bertz CT molecular complexity index is 478. The number of aryl methyl sites for hydroxylation is 1. The van der Waals surface area contributed by atoms with Crippen LogP contribution in [0.1, 0.15) is 24.2 Å². The number of hydrogen-bond acceptors (Lipinski definition) is 3. The highest BCUT2D eigenvalue weighted by atomic mass is 35.5. The fourth-order valence-electron chi connectivity index (χ4n) is 1.86. The number of halogens is 1. The molecule has 1 aromatic carbocycles. The fraction of sp³-hybridized carbons (Fsp3) is 0.250. The summed E-state index contributed by atoms with van der Waals surface area (Å²) in [6.45, 7) is 2.86. The van der Waals surface area contributed by atoms with E-state index in [1.165, 1.54) is 0 Å². The fourth-order valence-corrected chi connectivity index (χ4v) is 1.99. The second-order valence-electron chi connectivity index (χ2n) is 3.72. The predicted molar refractivity (Wildman–Crippen MR) is 68.5 cm³/mol. The summed E-state index contributed by atoms with van der Waals surface area (Å²) in [6, 6.07) is 9.51. The van der Waals surface area contributed by atoms with Gasteiger partial charge in [0.15, 0.2) is 0 Å². The molecule has 0 fully saturated rings. The Labute approximate surface area is 105 Å². The lowest BCUT2D eigenvalue weighted by atomic mass is 10.0. The lowest BCUT2D eigenvalue weighted by Gasteiger charge is -2.17. The summed E-state index contributed by atoms with van der Waals surface area (Å²) in [7, 11) is 0. The topological polar surface area (TPSA) is 55.9 Å². The van der Waals surface area contributed by atoms with Gasteiger partial charge in [0.25, 0.3) is 0 Å². The number of nitrogens with two attached hydrogens (primary N) is 1. The zero-order valence-corrected chi connectivity index (χ0v) is 10.4. The van der Waals surface area contributed by atoms with E-state index in [4.69, 9.17) is 17.4 Å². The van der Waals surface area contributed by atoms with Crippen molar-refractivity contribution in [3.8, 4) is 0 Å². The van der Waals surface area contributed by atoms with Crippen molar-refractivity contribution < 1.29 is 0 Å². The van der Waals surface area contributed by atoms with Crippen LogP contribution in [-0.2, 0) is 6.54 Å². The minimum Gasteiger partial charge on any atom is -0.271 e. The molecule has 0 aliphatic rings. The first kappa shape index (κ1) is 12.1. The second kappa shape index (κ2) is 5.31. The van der Waals surface area contributed by atoms with Crippen LogP contribution >= 0.6 is 11.6 Å². The standard InChI is InChI=1S/C12H15ClN4/c1-2-17-11(7-8-15-17)12(16-14)9-3-5-10(13)6-4-9/h3-8,12,16H,2,14H2,1H3. The van der Waals surface area contributed by atoms with Gasteiger partial charge in [-0.15, -0.1) is 0 Å². The summed E-state index contributed by atoms with van der Waals surface area (Å²) < 4.78 is 1.92. The molecule has 0 saturated carbocycles. The number of nitrogens with zero attached hydrogens (tertiary/aromatic N) is 2. The number of nitrogens with one attached hydrogen (secondary N) is 1. The van der Waals surface area contributed by atoms with Gasteiger partial charge in [0, 0.05) is 17.8 Å². The monoisotopic (exact) mass is 250 g/mol. The summed E-state index contributed by atoms with van der Waals surface area (Å²) in [4.78, 5) is 0. The minimum absolute atomic E-state index is 0.0743. The maximum absolute atomic E-state index is 5.87. The summed E-state index contributed by atoms with van der Waals surface area (Å²) in [6.07, 6.45) is 1.78. The van der Waals surface area contributed by atoms with Crippen LogP contribution in [0.5, 0.6) is 0 Å². The van der Waals surface area contributed by atoms with Crippen LogP contribution in [-0.4, -0.2) is 9.78 Å². The van der Waals surface area contributed by atoms with Gasteiger partial charge in [0.05, 0.1) is 11.7 Å². The number of benzene rings is 1. The van der Waals surface area contributed by atoms with E-state index in [1.54, 1.807) is 6.20 Å². The molecule has 0 aliphatic heterocycles. The molecule has 1 aromatic heterocycles. The first-order valence-corrected chi connectivity index (χ1v) is 5.87. The molecular weight excluding hydrogens is 236 g/mol. The third-order valence-corrected chi connectivity index (χ3v) is 2.97. The van der Waals surface area contributed by atoms with Gasteiger partial charge in [0.2, 0.25) is 0 Å². The third-order valence-electron chi connectivity index (χ3n) is 2.71. The molecule has 0 spiro atoms. The van der Waals surface area contributed by atoms with E-state index in [9.17, 15) is 0 Å². The summed E-state index contributed by atoms with van der Waals surface area (Å²) in [5.74, 6) is 5.63. The first-order valence-electron chi connectivity index (χ1n) is 5.49. The smallest absolute Gasteiger partial charge is 0.0878 e. The van der Waals surface area contributed by atoms with Crippen LogP contribution < -0.4 is 11.3 Å². The van der Waals surface area contributed by atoms with E-state index in [0.29, 0.717) is 5.02 Å². The van der Waals surface area contributed by atoms with Crippen molar-refractivity contribution in [2.75, 3.05) is 0 Å². The molecule has 0 radical (unpaired) electrons. The van der Waals surface area contributed by atoms with Gasteiger partial charge < -0.3 is 0 Å². The highest BCUT2D eigenvalue weighted by Crippen LogP contribution is 2.22. The minimum atomic E-state index is -0.0743. The quantitative estimate of drug-likeness (QED) is 0.646. The second-order valence-corrected chi connectivity index (χ2v) is 4.16. The van der Waals surface area contributed by atoms with Crippen molar-refractivity contribution >= 4 is 11.6 Å². The molecule has 17 heavy (non-hydrogen) atoms. The third kappa shape index (κ3) is 2.49. The van der Waals surface area contributed by atoms with E-state index < -0.39 is 0 Å². The van der Waals surface area contributed by atoms with Gasteiger partial charge in [-0.2, -0.15) is 5.10 Å². The Morgan fingerprint density at radius 1 is 1.35 bits per heavy atom. The van der Waals surface area contributed by atoms with Gasteiger partial charge in [-0.05, 0) is 30.7 Å². The number of rotatable bonds is 4. The highest BCUT2D eigenvalue weighted by Gasteiger charge is 2.16. The van der Waals surface area contributed by atoms with Crippen LogP contribution in [0.15, 0.2) is 36.5 Å². The summed E-state index contributed by atoms with van der Waals surface area (Å²) >= 11 is 5.87. The van der Waals surface area contributed by atoms with Crippen LogP contribution in [0, 0.1) is 0 Å². The molecule has 3 N–H and O–H groups in total. The number of hydrazine groups is 1. The van der Waals surface area contributed by atoms with Gasteiger partial charge in [-0.3, -0.25) is 10.5 Å². The van der Waals surface area contributed by atoms with Gasteiger partial charge >= 0.3 is 0 Å². The largest absolute Gasteiger partial charge is 0.271 e. The Kier molecular flexibility index (Phi) is 3.78. The van der Waals surface area contributed by atoms with Crippen LogP contribution in [0.25, 0.3) is 0 Å². The molecule has 4 nitrogen and oxygen atoms in total. The van der Waals surface area contributed by atoms with Gasteiger partial charge in [-0.25, -0.2) is 5.43 Å². The van der Waals surface area contributed by atoms with Crippen molar-refractivity contribution in [2.24, 2.45) is 5.84 Å². The average Bonchev–Trinajstić information content (AvgIpc) is 2.81. The molecule has 0 aliphatic carbocycles. The van der Waals surface area contributed by atoms with Crippen molar-refractivity contribution in [2.45, 2.75) is 19.5 Å². The van der Waals surface area contributed by atoms with Crippen molar-refractivity contribution in [1.29, 1.82) is 0 Å². The molecule has 0 amide bonds. The molecule has 2 rings (SSSR count). The molecule has 0 bridgehead atoms. The Morgan fingerprint density at radius 3 is 2.65 bits per heavy atom. The van der Waals surface area contributed by atoms with Crippen molar-refractivity contribution in [1.82, 2.24) is 15.2 Å². The van der Waals surface area contributed by atoms with Crippen molar-refractivity contribution in [3.05, 3.63) is 52.8 Å². The molecule has 2 aromatic rings. The lowest BCUT2D eigenvalue weighted by Crippen LogP contribution is -2.30. The van der Waals surface area contributed by atoms with Gasteiger partial charge in [-0.1, -0.05) is 23.7 Å².